The van der Waals surface area contributed by atoms with E-state index in [-0.39, 0.29) is 41.8 Å². The van der Waals surface area contributed by atoms with Crippen molar-refractivity contribution in [3.8, 4) is 0 Å². The SMILES string of the molecule is CCCCCCCCCCOC(=O)C1=C(C)NC(C)=C(P2(=O)OCC(C)(C)CO2)C1c1cccc([N+](=O)[O-])c1. The van der Waals surface area contributed by atoms with Crippen molar-refractivity contribution in [1.29, 1.82) is 0 Å². The van der Waals surface area contributed by atoms with E-state index in [1.54, 1.807) is 26.0 Å². The number of hydrogen-bond acceptors (Lipinski definition) is 8. The lowest BCUT2D eigenvalue weighted by Gasteiger charge is -2.39. The average molecular weight is 563 g/mol. The van der Waals surface area contributed by atoms with Crippen molar-refractivity contribution in [2.24, 2.45) is 5.41 Å². The maximum atomic E-state index is 14.1. The van der Waals surface area contributed by atoms with E-state index in [2.05, 4.69) is 12.2 Å². The predicted octanol–water partition coefficient (Wildman–Crippen LogP) is 7.74. The van der Waals surface area contributed by atoms with Crippen LogP contribution in [0.5, 0.6) is 0 Å². The van der Waals surface area contributed by atoms with Crippen LogP contribution in [-0.4, -0.2) is 30.7 Å². The molecule has 216 valence electrons. The Hall–Kier alpha value is -2.48. The summed E-state index contributed by atoms with van der Waals surface area (Å²) in [6.07, 6.45) is 8.98. The number of esters is 1. The zero-order valence-corrected chi connectivity index (χ0v) is 24.8. The summed E-state index contributed by atoms with van der Waals surface area (Å²) < 4.78 is 31.6. The second-order valence-corrected chi connectivity index (χ2v) is 13.3. The van der Waals surface area contributed by atoms with E-state index in [0.29, 0.717) is 17.0 Å². The van der Waals surface area contributed by atoms with Crippen LogP contribution in [0.15, 0.2) is 46.5 Å². The van der Waals surface area contributed by atoms with E-state index in [0.717, 1.165) is 19.3 Å². The summed E-state index contributed by atoms with van der Waals surface area (Å²) in [7, 11) is -3.84. The summed E-state index contributed by atoms with van der Waals surface area (Å²) in [5, 5.41) is 15.0. The first kappa shape index (κ1) is 31.1. The highest BCUT2D eigenvalue weighted by Crippen LogP contribution is 2.66. The largest absolute Gasteiger partial charge is 0.462 e. The Balaban J connectivity index is 1.85. The van der Waals surface area contributed by atoms with E-state index < -0.39 is 24.4 Å². The Labute approximate surface area is 232 Å². The maximum absolute atomic E-state index is 14.1. The molecule has 39 heavy (non-hydrogen) atoms. The van der Waals surface area contributed by atoms with Crippen LogP contribution in [0.1, 0.15) is 97.5 Å². The lowest BCUT2D eigenvalue weighted by atomic mass is 9.86. The normalized spacial score (nSPS) is 20.5. The first-order valence-corrected chi connectivity index (χ1v) is 15.5. The number of benzene rings is 1. The molecule has 1 aromatic rings. The van der Waals surface area contributed by atoms with Gasteiger partial charge in [-0.1, -0.05) is 77.8 Å². The van der Waals surface area contributed by atoms with Gasteiger partial charge in [0.05, 0.1) is 41.5 Å². The summed E-state index contributed by atoms with van der Waals surface area (Å²) >= 11 is 0. The minimum absolute atomic E-state index is 0.128. The number of rotatable bonds is 13. The molecule has 1 fully saturated rings. The number of nitro benzene ring substituents is 1. The number of dihydropyridines is 1. The smallest absolute Gasteiger partial charge is 0.360 e. The molecule has 3 rings (SSSR count). The molecule has 10 heteroatoms. The molecule has 0 saturated carbocycles. The third kappa shape index (κ3) is 8.03. The van der Waals surface area contributed by atoms with Crippen LogP contribution >= 0.6 is 7.60 Å². The summed E-state index contributed by atoms with van der Waals surface area (Å²) in [6, 6.07) is 6.04. The molecule has 1 N–H and O–H groups in total. The summed E-state index contributed by atoms with van der Waals surface area (Å²) in [6.45, 7) is 10.3. The zero-order chi connectivity index (χ0) is 28.6. The van der Waals surface area contributed by atoms with Crippen molar-refractivity contribution in [2.45, 2.75) is 91.9 Å². The molecule has 2 aliphatic rings. The van der Waals surface area contributed by atoms with Crippen LogP contribution in [0, 0.1) is 15.5 Å². The number of nitrogens with zero attached hydrogens (tertiary/aromatic N) is 1. The van der Waals surface area contributed by atoms with Crippen LogP contribution in [-0.2, 0) is 23.1 Å². The summed E-state index contributed by atoms with van der Waals surface area (Å²) in [5.74, 6) is -1.43. The minimum Gasteiger partial charge on any atom is -0.462 e. The summed E-state index contributed by atoms with van der Waals surface area (Å²) in [5.41, 5.74) is 1.32. The van der Waals surface area contributed by atoms with E-state index in [1.807, 2.05) is 13.8 Å². The van der Waals surface area contributed by atoms with Crippen LogP contribution in [0.2, 0.25) is 0 Å². The van der Waals surface area contributed by atoms with Gasteiger partial charge in [0.2, 0.25) is 0 Å². The first-order chi connectivity index (χ1) is 18.5. The fourth-order valence-electron chi connectivity index (χ4n) is 4.98. The Kier molecular flexibility index (Phi) is 10.9. The number of non-ortho nitro benzene ring substituents is 1. The van der Waals surface area contributed by atoms with Crippen molar-refractivity contribution >= 4 is 19.3 Å². The quantitative estimate of drug-likeness (QED) is 0.0853. The van der Waals surface area contributed by atoms with Crippen molar-refractivity contribution in [3.63, 3.8) is 0 Å². The monoisotopic (exact) mass is 562 g/mol. The topological polar surface area (TPSA) is 117 Å². The molecule has 0 radical (unpaired) electrons. The average Bonchev–Trinajstić information content (AvgIpc) is 2.89. The molecule has 9 nitrogen and oxygen atoms in total. The van der Waals surface area contributed by atoms with Gasteiger partial charge >= 0.3 is 13.6 Å². The first-order valence-electron chi connectivity index (χ1n) is 14.0. The highest BCUT2D eigenvalue weighted by atomic mass is 31.2. The van der Waals surface area contributed by atoms with Gasteiger partial charge in [-0.15, -0.1) is 0 Å². The Bertz CT molecular complexity index is 1140. The van der Waals surface area contributed by atoms with Gasteiger partial charge < -0.3 is 19.1 Å². The number of carbonyl (C=O) groups is 1. The van der Waals surface area contributed by atoms with Gasteiger partial charge in [-0.05, 0) is 25.8 Å². The molecule has 1 saturated heterocycles. The lowest BCUT2D eigenvalue weighted by molar-refractivity contribution is -0.384. The highest BCUT2D eigenvalue weighted by molar-refractivity contribution is 7.58. The number of unbranched alkanes of at least 4 members (excludes halogenated alkanes) is 7. The zero-order valence-electron chi connectivity index (χ0n) is 23.9. The van der Waals surface area contributed by atoms with Crippen LogP contribution in [0.3, 0.4) is 0 Å². The second kappa shape index (κ2) is 13.7. The molecule has 1 atom stereocenters. The standard InChI is InChI=1S/C29H43N2O7P/c1-6-7-8-9-10-11-12-13-17-36-28(32)25-21(2)30-22(3)27(39(35)37-19-29(4,5)20-38-39)26(25)23-15-14-16-24(18-23)31(33)34/h14-16,18,26,30H,6-13,17,19-20H2,1-5H3. The van der Waals surface area contributed by atoms with Gasteiger partial charge in [-0.3, -0.25) is 14.7 Å². The molecule has 1 unspecified atom stereocenters. The van der Waals surface area contributed by atoms with Crippen molar-refractivity contribution in [2.75, 3.05) is 19.8 Å². The van der Waals surface area contributed by atoms with Gasteiger partial charge in [-0.25, -0.2) is 4.79 Å². The molecule has 0 spiro atoms. The number of ether oxygens (including phenoxy) is 1. The second-order valence-electron chi connectivity index (χ2n) is 11.3. The van der Waals surface area contributed by atoms with Gasteiger partial charge in [-0.2, -0.15) is 0 Å². The van der Waals surface area contributed by atoms with Gasteiger partial charge in [0, 0.05) is 28.9 Å². The number of hydrogen-bond donors (Lipinski definition) is 1. The fourth-order valence-corrected chi connectivity index (χ4v) is 7.43. The Morgan fingerprint density at radius 2 is 1.69 bits per heavy atom. The summed E-state index contributed by atoms with van der Waals surface area (Å²) in [4.78, 5) is 24.6. The van der Waals surface area contributed by atoms with Crippen molar-refractivity contribution in [1.82, 2.24) is 5.32 Å². The lowest BCUT2D eigenvalue weighted by Crippen LogP contribution is -2.34. The molecule has 0 amide bonds. The van der Waals surface area contributed by atoms with Crippen LogP contribution in [0.4, 0.5) is 5.69 Å². The maximum Gasteiger partial charge on any atom is 0.360 e. The van der Waals surface area contributed by atoms with Crippen LogP contribution in [0.25, 0.3) is 0 Å². The Morgan fingerprint density at radius 3 is 2.31 bits per heavy atom. The van der Waals surface area contributed by atoms with E-state index in [4.69, 9.17) is 13.8 Å². The molecule has 0 bridgehead atoms. The molecular weight excluding hydrogens is 519 g/mol. The minimum atomic E-state index is -3.84. The van der Waals surface area contributed by atoms with Gasteiger partial charge in [0.1, 0.15) is 0 Å². The fraction of sp³-hybridized carbons (Fsp3) is 0.621. The number of allylic oxidation sites excluding steroid dienone is 3. The van der Waals surface area contributed by atoms with Crippen molar-refractivity contribution < 1.29 is 28.1 Å². The third-order valence-electron chi connectivity index (χ3n) is 7.14. The molecule has 1 aromatic carbocycles. The molecule has 2 heterocycles. The molecule has 2 aliphatic heterocycles. The Morgan fingerprint density at radius 1 is 1.08 bits per heavy atom. The number of carbonyl (C=O) groups excluding carboxylic acids is 1. The van der Waals surface area contributed by atoms with E-state index in [9.17, 15) is 19.5 Å². The highest BCUT2D eigenvalue weighted by Gasteiger charge is 2.48. The van der Waals surface area contributed by atoms with E-state index >= 15 is 0 Å². The third-order valence-corrected chi connectivity index (χ3v) is 9.26. The molecule has 0 aromatic heterocycles. The van der Waals surface area contributed by atoms with Crippen LogP contribution < -0.4 is 5.32 Å². The predicted molar refractivity (Wildman–Crippen MR) is 151 cm³/mol. The van der Waals surface area contributed by atoms with Gasteiger partial charge in [0.25, 0.3) is 5.69 Å². The number of nitro groups is 1. The number of nitrogens with one attached hydrogen (secondary N) is 1. The van der Waals surface area contributed by atoms with Gasteiger partial charge in [0.15, 0.2) is 0 Å². The van der Waals surface area contributed by atoms with E-state index in [1.165, 1.54) is 44.2 Å². The van der Waals surface area contributed by atoms with Crippen molar-refractivity contribution in [3.05, 3.63) is 62.2 Å². The molecular formula is C29H43N2O7P. The molecule has 0 aliphatic carbocycles.